The largest absolute Gasteiger partial charge is 0.496 e. The number of amides is 1. The molecule has 0 spiro atoms. The summed E-state index contributed by atoms with van der Waals surface area (Å²) < 4.78 is 24.3. The summed E-state index contributed by atoms with van der Waals surface area (Å²) in [4.78, 5) is 14.6. The van der Waals surface area contributed by atoms with E-state index in [4.69, 9.17) is 9.15 Å². The summed E-state index contributed by atoms with van der Waals surface area (Å²) in [5, 5.41) is 0. The van der Waals surface area contributed by atoms with Gasteiger partial charge in [-0.25, -0.2) is 4.39 Å². The molecule has 4 nitrogen and oxygen atoms in total. The molecule has 3 rings (SSSR count). The van der Waals surface area contributed by atoms with Gasteiger partial charge in [0, 0.05) is 6.54 Å². The van der Waals surface area contributed by atoms with Crippen LogP contribution in [0.15, 0.2) is 71.3 Å². The first-order chi connectivity index (χ1) is 12.2. The van der Waals surface area contributed by atoms with E-state index in [0.717, 1.165) is 5.56 Å². The van der Waals surface area contributed by atoms with Gasteiger partial charge in [-0.1, -0.05) is 30.3 Å². The third-order valence-electron chi connectivity index (χ3n) is 3.82. The summed E-state index contributed by atoms with van der Waals surface area (Å²) in [6.45, 7) is 0.653. The Bertz CT molecular complexity index is 831. The molecule has 1 amide bonds. The third kappa shape index (κ3) is 4.07. The monoisotopic (exact) mass is 339 g/mol. The van der Waals surface area contributed by atoms with Crippen LogP contribution >= 0.6 is 0 Å². The molecule has 0 aliphatic carbocycles. The number of halogens is 1. The standard InChI is InChI=1S/C20H18FNO3/c1-24-19-10-9-16(21)12-18(19)20(23)22(14-17-8-5-11-25-17)13-15-6-3-2-4-7-15/h2-12H,13-14H2,1H3. The number of furan rings is 1. The minimum atomic E-state index is -0.484. The van der Waals surface area contributed by atoms with Crippen LogP contribution in [0.3, 0.4) is 0 Å². The van der Waals surface area contributed by atoms with Crippen LogP contribution in [-0.4, -0.2) is 17.9 Å². The van der Waals surface area contributed by atoms with E-state index in [1.54, 1.807) is 23.3 Å². The fourth-order valence-electron chi connectivity index (χ4n) is 2.61. The molecular formula is C20H18FNO3. The number of ether oxygens (including phenoxy) is 1. The number of carbonyl (C=O) groups excluding carboxylic acids is 1. The van der Waals surface area contributed by atoms with Crippen LogP contribution < -0.4 is 4.74 Å². The summed E-state index contributed by atoms with van der Waals surface area (Å²) in [6, 6.07) is 17.1. The number of rotatable bonds is 6. The van der Waals surface area contributed by atoms with Crippen molar-refractivity contribution in [2.24, 2.45) is 0 Å². The highest BCUT2D eigenvalue weighted by atomic mass is 19.1. The van der Waals surface area contributed by atoms with Crippen LogP contribution in [0.1, 0.15) is 21.7 Å². The molecule has 0 unspecified atom stereocenters. The van der Waals surface area contributed by atoms with Crippen molar-refractivity contribution in [2.45, 2.75) is 13.1 Å². The summed E-state index contributed by atoms with van der Waals surface area (Å²) >= 11 is 0. The Morgan fingerprint density at radius 3 is 2.56 bits per heavy atom. The second-order valence-electron chi connectivity index (χ2n) is 5.57. The molecule has 25 heavy (non-hydrogen) atoms. The summed E-state index contributed by atoms with van der Waals surface area (Å²) in [5.41, 5.74) is 1.16. The van der Waals surface area contributed by atoms with Crippen molar-refractivity contribution in [3.8, 4) is 5.75 Å². The van der Waals surface area contributed by atoms with E-state index in [0.29, 0.717) is 18.1 Å². The third-order valence-corrected chi connectivity index (χ3v) is 3.82. The van der Waals surface area contributed by atoms with E-state index < -0.39 is 5.82 Å². The van der Waals surface area contributed by atoms with Crippen LogP contribution in [0.2, 0.25) is 0 Å². The van der Waals surface area contributed by atoms with Gasteiger partial charge in [0.25, 0.3) is 5.91 Å². The molecule has 1 aromatic heterocycles. The highest BCUT2D eigenvalue weighted by Crippen LogP contribution is 2.23. The van der Waals surface area contributed by atoms with Gasteiger partial charge in [0.05, 0.1) is 25.5 Å². The maximum absolute atomic E-state index is 13.7. The predicted molar refractivity (Wildman–Crippen MR) is 91.7 cm³/mol. The second kappa shape index (κ2) is 7.66. The smallest absolute Gasteiger partial charge is 0.258 e. The summed E-state index contributed by atoms with van der Waals surface area (Å²) in [7, 11) is 1.46. The molecule has 5 heteroatoms. The first-order valence-electron chi connectivity index (χ1n) is 7.86. The molecule has 0 atom stereocenters. The van der Waals surface area contributed by atoms with Crippen LogP contribution in [0.4, 0.5) is 4.39 Å². The lowest BCUT2D eigenvalue weighted by atomic mass is 10.1. The molecule has 2 aromatic carbocycles. The average Bonchev–Trinajstić information content (AvgIpc) is 3.14. The van der Waals surface area contributed by atoms with Crippen molar-refractivity contribution in [2.75, 3.05) is 7.11 Å². The van der Waals surface area contributed by atoms with Crippen molar-refractivity contribution < 1.29 is 18.3 Å². The molecule has 0 aliphatic heterocycles. The van der Waals surface area contributed by atoms with E-state index >= 15 is 0 Å². The maximum atomic E-state index is 13.7. The fraction of sp³-hybridized carbons (Fsp3) is 0.150. The molecule has 0 saturated carbocycles. The van der Waals surface area contributed by atoms with Gasteiger partial charge < -0.3 is 14.1 Å². The molecule has 0 fully saturated rings. The topological polar surface area (TPSA) is 42.7 Å². The number of methoxy groups -OCH3 is 1. The Kier molecular flexibility index (Phi) is 5.14. The number of hydrogen-bond acceptors (Lipinski definition) is 3. The highest BCUT2D eigenvalue weighted by Gasteiger charge is 2.22. The predicted octanol–water partition coefficient (Wildman–Crippen LogP) is 4.27. The zero-order chi connectivity index (χ0) is 17.6. The number of hydrogen-bond donors (Lipinski definition) is 0. The van der Waals surface area contributed by atoms with Crippen LogP contribution in [0.5, 0.6) is 5.75 Å². The molecule has 0 saturated heterocycles. The minimum Gasteiger partial charge on any atom is -0.496 e. The molecule has 0 radical (unpaired) electrons. The van der Waals surface area contributed by atoms with E-state index in [2.05, 4.69) is 0 Å². The molecule has 0 aliphatic rings. The molecule has 0 N–H and O–H groups in total. The second-order valence-corrected chi connectivity index (χ2v) is 5.57. The van der Waals surface area contributed by atoms with Crippen LogP contribution in [0, 0.1) is 5.82 Å². The quantitative estimate of drug-likeness (QED) is 0.673. The van der Waals surface area contributed by atoms with Gasteiger partial charge in [0.1, 0.15) is 17.3 Å². The average molecular weight is 339 g/mol. The van der Waals surface area contributed by atoms with E-state index in [-0.39, 0.29) is 18.0 Å². The lowest BCUT2D eigenvalue weighted by Gasteiger charge is -2.23. The molecule has 0 bridgehead atoms. The molecule has 1 heterocycles. The van der Waals surface area contributed by atoms with E-state index in [1.807, 2.05) is 30.3 Å². The number of nitrogens with zero attached hydrogens (tertiary/aromatic N) is 1. The van der Waals surface area contributed by atoms with Crippen LogP contribution in [-0.2, 0) is 13.1 Å². The fourth-order valence-corrected chi connectivity index (χ4v) is 2.61. The summed E-state index contributed by atoms with van der Waals surface area (Å²) in [6.07, 6.45) is 1.56. The lowest BCUT2D eigenvalue weighted by molar-refractivity contribution is 0.0713. The highest BCUT2D eigenvalue weighted by molar-refractivity contribution is 5.96. The zero-order valence-corrected chi connectivity index (χ0v) is 13.8. The Labute approximate surface area is 145 Å². The van der Waals surface area contributed by atoms with Crippen molar-refractivity contribution >= 4 is 5.91 Å². The minimum absolute atomic E-state index is 0.185. The summed E-state index contributed by atoms with van der Waals surface area (Å²) in [5.74, 6) is 0.182. The Morgan fingerprint density at radius 1 is 1.08 bits per heavy atom. The van der Waals surface area contributed by atoms with Crippen LogP contribution in [0.25, 0.3) is 0 Å². The van der Waals surface area contributed by atoms with Crippen molar-refractivity contribution in [1.29, 1.82) is 0 Å². The SMILES string of the molecule is COc1ccc(F)cc1C(=O)N(Cc1ccccc1)Cc1ccco1. The molecular weight excluding hydrogens is 321 g/mol. The zero-order valence-electron chi connectivity index (χ0n) is 13.8. The lowest BCUT2D eigenvalue weighted by Crippen LogP contribution is -2.30. The van der Waals surface area contributed by atoms with Gasteiger partial charge in [-0.05, 0) is 35.9 Å². The van der Waals surface area contributed by atoms with Crippen molar-refractivity contribution in [3.05, 3.63) is 89.6 Å². The van der Waals surface area contributed by atoms with Crippen molar-refractivity contribution in [3.63, 3.8) is 0 Å². The molecule has 128 valence electrons. The first kappa shape index (κ1) is 16.8. The van der Waals surface area contributed by atoms with Gasteiger partial charge in [0.15, 0.2) is 0 Å². The van der Waals surface area contributed by atoms with Gasteiger partial charge in [0.2, 0.25) is 0 Å². The normalized spacial score (nSPS) is 10.5. The maximum Gasteiger partial charge on any atom is 0.258 e. The van der Waals surface area contributed by atoms with Gasteiger partial charge in [-0.3, -0.25) is 4.79 Å². The first-order valence-corrected chi connectivity index (χ1v) is 7.86. The van der Waals surface area contributed by atoms with E-state index in [9.17, 15) is 9.18 Å². The van der Waals surface area contributed by atoms with Gasteiger partial charge in [-0.2, -0.15) is 0 Å². The van der Waals surface area contributed by atoms with Crippen molar-refractivity contribution in [1.82, 2.24) is 4.90 Å². The Balaban J connectivity index is 1.92. The molecule has 3 aromatic rings. The van der Waals surface area contributed by atoms with Gasteiger partial charge >= 0.3 is 0 Å². The Morgan fingerprint density at radius 2 is 1.88 bits per heavy atom. The van der Waals surface area contributed by atoms with Gasteiger partial charge in [-0.15, -0.1) is 0 Å². The number of carbonyl (C=O) groups is 1. The number of benzene rings is 2. The van der Waals surface area contributed by atoms with E-state index in [1.165, 1.54) is 25.3 Å². The Hall–Kier alpha value is -3.08.